The number of carbonyl (C=O) groups is 1. The first-order chi connectivity index (χ1) is 8.69. The molecule has 0 aliphatic carbocycles. The summed E-state index contributed by atoms with van der Waals surface area (Å²) in [4.78, 5) is 23.3. The molecule has 0 amide bonds. The van der Waals surface area contributed by atoms with Gasteiger partial charge in [-0.3, -0.25) is 9.69 Å². The van der Waals surface area contributed by atoms with E-state index < -0.39 is 5.97 Å². The maximum Gasteiger partial charge on any atom is 0.317 e. The molecule has 6 nitrogen and oxygen atoms in total. The van der Waals surface area contributed by atoms with Gasteiger partial charge in [-0.2, -0.15) is 0 Å². The van der Waals surface area contributed by atoms with E-state index in [1.807, 2.05) is 17.3 Å². The number of piperazine rings is 1. The fraction of sp³-hybridized carbons (Fsp3) is 0.583. The summed E-state index contributed by atoms with van der Waals surface area (Å²) < 4.78 is 0. The molecule has 0 unspecified atom stereocenters. The van der Waals surface area contributed by atoms with Crippen LogP contribution in [0, 0.1) is 0 Å². The Balaban J connectivity index is 1.90. The lowest BCUT2D eigenvalue weighted by molar-refractivity contribution is -0.138. The average molecular weight is 250 g/mol. The number of carboxylic acids is 1. The van der Waals surface area contributed by atoms with E-state index in [0.717, 1.165) is 44.1 Å². The van der Waals surface area contributed by atoms with Crippen molar-refractivity contribution in [2.24, 2.45) is 0 Å². The third kappa shape index (κ3) is 3.16. The number of anilines is 1. The lowest BCUT2D eigenvalue weighted by atomic mass is 10.3. The summed E-state index contributed by atoms with van der Waals surface area (Å²) in [7, 11) is 0. The SMILES string of the molecule is CCc1cnc(N2CCN(CC(=O)O)CC2)nc1. The quantitative estimate of drug-likeness (QED) is 0.826. The maximum absolute atomic E-state index is 10.6. The van der Waals surface area contributed by atoms with Gasteiger partial charge in [-0.25, -0.2) is 9.97 Å². The van der Waals surface area contributed by atoms with Crippen LogP contribution in [-0.2, 0) is 11.2 Å². The van der Waals surface area contributed by atoms with Crippen LogP contribution in [-0.4, -0.2) is 58.7 Å². The van der Waals surface area contributed by atoms with Gasteiger partial charge in [-0.1, -0.05) is 6.92 Å². The highest BCUT2D eigenvalue weighted by molar-refractivity contribution is 5.69. The Hall–Kier alpha value is -1.69. The third-order valence-electron chi connectivity index (χ3n) is 3.11. The molecule has 0 spiro atoms. The molecule has 1 aromatic rings. The second kappa shape index (κ2) is 5.77. The number of hydrogen-bond acceptors (Lipinski definition) is 5. The number of hydrogen-bond donors (Lipinski definition) is 1. The number of carboxylic acid groups (broad SMARTS) is 1. The van der Waals surface area contributed by atoms with Gasteiger partial charge in [0.2, 0.25) is 5.95 Å². The molecule has 1 aliphatic rings. The first kappa shape index (κ1) is 12.8. The first-order valence-electron chi connectivity index (χ1n) is 6.19. The van der Waals surface area contributed by atoms with E-state index >= 15 is 0 Å². The summed E-state index contributed by atoms with van der Waals surface area (Å²) in [6, 6.07) is 0. The summed E-state index contributed by atoms with van der Waals surface area (Å²) in [5.74, 6) is -0.0332. The minimum atomic E-state index is -0.771. The topological polar surface area (TPSA) is 69.6 Å². The average Bonchev–Trinajstić information content (AvgIpc) is 2.39. The van der Waals surface area contributed by atoms with Crippen molar-refractivity contribution in [1.82, 2.24) is 14.9 Å². The van der Waals surface area contributed by atoms with Gasteiger partial charge in [0.25, 0.3) is 0 Å². The van der Waals surface area contributed by atoms with Gasteiger partial charge in [-0.15, -0.1) is 0 Å². The van der Waals surface area contributed by atoms with Crippen molar-refractivity contribution >= 4 is 11.9 Å². The maximum atomic E-state index is 10.6. The molecule has 1 saturated heterocycles. The van der Waals surface area contributed by atoms with Crippen LogP contribution >= 0.6 is 0 Å². The van der Waals surface area contributed by atoms with Gasteiger partial charge in [0.1, 0.15) is 0 Å². The number of rotatable bonds is 4. The van der Waals surface area contributed by atoms with Crippen molar-refractivity contribution in [2.45, 2.75) is 13.3 Å². The van der Waals surface area contributed by atoms with Crippen molar-refractivity contribution in [2.75, 3.05) is 37.6 Å². The Morgan fingerprint density at radius 2 is 1.89 bits per heavy atom. The molecule has 0 atom stereocenters. The zero-order valence-corrected chi connectivity index (χ0v) is 10.5. The van der Waals surface area contributed by atoms with E-state index in [1.54, 1.807) is 0 Å². The molecule has 1 N–H and O–H groups in total. The first-order valence-corrected chi connectivity index (χ1v) is 6.19. The van der Waals surface area contributed by atoms with Gasteiger partial charge in [0.05, 0.1) is 6.54 Å². The fourth-order valence-corrected chi connectivity index (χ4v) is 1.99. The van der Waals surface area contributed by atoms with Gasteiger partial charge in [0, 0.05) is 38.6 Å². The Morgan fingerprint density at radius 3 is 2.39 bits per heavy atom. The molecule has 1 aliphatic heterocycles. The Labute approximate surface area is 106 Å². The van der Waals surface area contributed by atoms with Crippen LogP contribution in [0.2, 0.25) is 0 Å². The minimum absolute atomic E-state index is 0.115. The van der Waals surface area contributed by atoms with E-state index in [0.29, 0.717) is 0 Å². The summed E-state index contributed by atoms with van der Waals surface area (Å²) in [5, 5.41) is 8.73. The summed E-state index contributed by atoms with van der Waals surface area (Å²) in [6.07, 6.45) is 4.64. The molecule has 0 saturated carbocycles. The highest BCUT2D eigenvalue weighted by Gasteiger charge is 2.20. The molecular formula is C12H18N4O2. The summed E-state index contributed by atoms with van der Waals surface area (Å²) in [6.45, 7) is 5.22. The van der Waals surface area contributed by atoms with E-state index in [9.17, 15) is 4.79 Å². The van der Waals surface area contributed by atoms with Crippen LogP contribution < -0.4 is 4.90 Å². The summed E-state index contributed by atoms with van der Waals surface area (Å²) >= 11 is 0. The van der Waals surface area contributed by atoms with Crippen LogP contribution in [0.4, 0.5) is 5.95 Å². The minimum Gasteiger partial charge on any atom is -0.480 e. The van der Waals surface area contributed by atoms with Crippen LogP contribution in [0.5, 0.6) is 0 Å². The zero-order valence-electron chi connectivity index (χ0n) is 10.5. The predicted molar refractivity (Wildman–Crippen MR) is 67.7 cm³/mol. The van der Waals surface area contributed by atoms with Crippen LogP contribution in [0.25, 0.3) is 0 Å². The molecule has 0 radical (unpaired) electrons. The van der Waals surface area contributed by atoms with E-state index in [1.165, 1.54) is 0 Å². The highest BCUT2D eigenvalue weighted by atomic mass is 16.4. The van der Waals surface area contributed by atoms with Gasteiger partial charge in [0.15, 0.2) is 0 Å². The monoisotopic (exact) mass is 250 g/mol. The molecular weight excluding hydrogens is 232 g/mol. The second-order valence-corrected chi connectivity index (χ2v) is 4.40. The standard InChI is InChI=1S/C12H18N4O2/c1-2-10-7-13-12(14-8-10)16-5-3-15(4-6-16)9-11(17)18/h7-8H,2-6,9H2,1H3,(H,17,18). The van der Waals surface area contributed by atoms with Crippen molar-refractivity contribution < 1.29 is 9.90 Å². The van der Waals surface area contributed by atoms with Crippen molar-refractivity contribution in [3.05, 3.63) is 18.0 Å². The molecule has 0 aromatic carbocycles. The Morgan fingerprint density at radius 1 is 1.28 bits per heavy atom. The number of aromatic nitrogens is 2. The van der Waals surface area contributed by atoms with Gasteiger partial charge in [-0.05, 0) is 12.0 Å². The fourth-order valence-electron chi connectivity index (χ4n) is 1.99. The van der Waals surface area contributed by atoms with Gasteiger partial charge < -0.3 is 10.0 Å². The normalized spacial score (nSPS) is 16.8. The molecule has 6 heteroatoms. The van der Waals surface area contributed by atoms with E-state index in [-0.39, 0.29) is 6.54 Å². The number of nitrogens with zero attached hydrogens (tertiary/aromatic N) is 4. The smallest absolute Gasteiger partial charge is 0.317 e. The molecule has 18 heavy (non-hydrogen) atoms. The van der Waals surface area contributed by atoms with Crippen molar-refractivity contribution in [3.63, 3.8) is 0 Å². The largest absolute Gasteiger partial charge is 0.480 e. The summed E-state index contributed by atoms with van der Waals surface area (Å²) in [5.41, 5.74) is 1.13. The van der Waals surface area contributed by atoms with E-state index in [4.69, 9.17) is 5.11 Å². The number of aryl methyl sites for hydroxylation is 1. The van der Waals surface area contributed by atoms with Gasteiger partial charge >= 0.3 is 5.97 Å². The lowest BCUT2D eigenvalue weighted by Crippen LogP contribution is -2.48. The Bertz CT molecular complexity index is 399. The zero-order chi connectivity index (χ0) is 13.0. The molecule has 1 fully saturated rings. The lowest BCUT2D eigenvalue weighted by Gasteiger charge is -2.33. The Kier molecular flexibility index (Phi) is 4.09. The van der Waals surface area contributed by atoms with Crippen molar-refractivity contribution in [1.29, 1.82) is 0 Å². The van der Waals surface area contributed by atoms with Crippen molar-refractivity contribution in [3.8, 4) is 0 Å². The molecule has 2 heterocycles. The number of aliphatic carboxylic acids is 1. The molecule has 2 rings (SSSR count). The van der Waals surface area contributed by atoms with Crippen LogP contribution in [0.1, 0.15) is 12.5 Å². The van der Waals surface area contributed by atoms with E-state index in [2.05, 4.69) is 21.8 Å². The van der Waals surface area contributed by atoms with Crippen LogP contribution in [0.15, 0.2) is 12.4 Å². The highest BCUT2D eigenvalue weighted by Crippen LogP contribution is 2.10. The predicted octanol–water partition coefficient (Wildman–Crippen LogP) is 0.246. The molecule has 98 valence electrons. The third-order valence-corrected chi connectivity index (χ3v) is 3.11. The molecule has 0 bridgehead atoms. The van der Waals surface area contributed by atoms with Crippen LogP contribution in [0.3, 0.4) is 0 Å². The molecule has 1 aromatic heterocycles. The second-order valence-electron chi connectivity index (χ2n) is 4.40.